The number of rotatable bonds is 6. The lowest BCUT2D eigenvalue weighted by Gasteiger charge is -2.30. The Labute approximate surface area is 202 Å². The van der Waals surface area contributed by atoms with E-state index in [2.05, 4.69) is 10.3 Å². The van der Waals surface area contributed by atoms with Crippen LogP contribution in [0.1, 0.15) is 46.8 Å². The van der Waals surface area contributed by atoms with Gasteiger partial charge in [0, 0.05) is 37.7 Å². The Bertz CT molecular complexity index is 1130. The number of carbonyl (C=O) groups excluding carboxylic acids is 2. The second-order valence-corrected chi connectivity index (χ2v) is 8.47. The van der Waals surface area contributed by atoms with Crippen LogP contribution in [0.4, 0.5) is 26.3 Å². The molecule has 0 unspecified atom stereocenters. The van der Waals surface area contributed by atoms with Crippen LogP contribution in [0.5, 0.6) is 0 Å². The van der Waals surface area contributed by atoms with Crippen molar-refractivity contribution in [2.24, 2.45) is 5.73 Å². The van der Waals surface area contributed by atoms with Gasteiger partial charge in [0.05, 0.1) is 12.2 Å². The van der Waals surface area contributed by atoms with Crippen molar-refractivity contribution >= 4 is 24.2 Å². The molecule has 0 saturated heterocycles. The van der Waals surface area contributed by atoms with Crippen molar-refractivity contribution in [1.82, 2.24) is 19.8 Å². The number of hydrogen-bond acceptors (Lipinski definition) is 4. The van der Waals surface area contributed by atoms with Crippen molar-refractivity contribution in [3.63, 3.8) is 0 Å². The van der Waals surface area contributed by atoms with E-state index in [1.54, 1.807) is 0 Å². The molecule has 1 aromatic carbocycles. The van der Waals surface area contributed by atoms with Crippen LogP contribution in [0.3, 0.4) is 0 Å². The summed E-state index contributed by atoms with van der Waals surface area (Å²) >= 11 is 0. The van der Waals surface area contributed by atoms with Crippen LogP contribution in [-0.4, -0.2) is 44.9 Å². The van der Waals surface area contributed by atoms with Crippen molar-refractivity contribution in [3.8, 4) is 0 Å². The molecular weight excluding hydrogens is 504 g/mol. The predicted molar refractivity (Wildman–Crippen MR) is 113 cm³/mol. The highest BCUT2D eigenvalue weighted by Crippen LogP contribution is 2.33. The minimum Gasteiger partial charge on any atom is -0.348 e. The first-order valence-corrected chi connectivity index (χ1v) is 10.6. The number of halogens is 7. The smallest absolute Gasteiger partial charge is 0.348 e. The standard InChI is InChI=1S/C21H21F6N5O2.ClH/c22-13-8-15(24)14(23)6-10(13)5-11(28)7-17(33)31-3-4-32-16(9-31)18(19(34)29-12-1-2-12)30-20(32)21(25,26)27;/h6,8,11-12H,1-5,7,9,28H2,(H,29,34);1H/t11-;/m1./s1. The number of carbonyl (C=O) groups is 2. The summed E-state index contributed by atoms with van der Waals surface area (Å²) in [5.74, 6) is -6.09. The van der Waals surface area contributed by atoms with E-state index < -0.39 is 47.3 Å². The summed E-state index contributed by atoms with van der Waals surface area (Å²) in [6.45, 7) is -0.602. The predicted octanol–water partition coefficient (Wildman–Crippen LogP) is 2.94. The molecule has 1 saturated carbocycles. The second-order valence-electron chi connectivity index (χ2n) is 8.47. The van der Waals surface area contributed by atoms with Gasteiger partial charge in [0.1, 0.15) is 5.82 Å². The van der Waals surface area contributed by atoms with Crippen LogP contribution in [0.15, 0.2) is 12.1 Å². The summed E-state index contributed by atoms with van der Waals surface area (Å²) in [6, 6.07) is -0.00716. The monoisotopic (exact) mass is 525 g/mol. The summed E-state index contributed by atoms with van der Waals surface area (Å²) in [5.41, 5.74) is 5.28. The van der Waals surface area contributed by atoms with Crippen molar-refractivity contribution < 1.29 is 35.9 Å². The molecule has 14 heteroatoms. The molecule has 4 rings (SSSR count). The highest BCUT2D eigenvalue weighted by atomic mass is 35.5. The summed E-state index contributed by atoms with van der Waals surface area (Å²) in [6.07, 6.45) is -3.89. The van der Waals surface area contributed by atoms with Crippen LogP contribution in [-0.2, 0) is 30.5 Å². The van der Waals surface area contributed by atoms with Gasteiger partial charge < -0.3 is 20.5 Å². The van der Waals surface area contributed by atoms with Gasteiger partial charge in [-0.05, 0) is 30.9 Å². The summed E-state index contributed by atoms with van der Waals surface area (Å²) in [7, 11) is 0. The largest absolute Gasteiger partial charge is 0.449 e. The average molecular weight is 526 g/mol. The summed E-state index contributed by atoms with van der Waals surface area (Å²) < 4.78 is 81.6. The Kier molecular flexibility index (Phi) is 7.70. The number of fused-ring (bicyclic) bond motifs is 1. The molecule has 2 heterocycles. The normalized spacial score (nSPS) is 16.4. The first-order chi connectivity index (χ1) is 15.9. The lowest BCUT2D eigenvalue weighted by molar-refractivity contribution is -0.148. The molecule has 2 aromatic rings. The zero-order valence-electron chi connectivity index (χ0n) is 18.2. The fourth-order valence-electron chi connectivity index (χ4n) is 3.89. The molecule has 1 fully saturated rings. The van der Waals surface area contributed by atoms with Crippen LogP contribution in [0, 0.1) is 17.5 Å². The van der Waals surface area contributed by atoms with E-state index >= 15 is 0 Å². The maximum atomic E-state index is 13.9. The molecule has 0 spiro atoms. The number of nitrogens with one attached hydrogen (secondary N) is 1. The second kappa shape index (κ2) is 10.1. The minimum absolute atomic E-state index is 0. The third-order valence-electron chi connectivity index (χ3n) is 5.75. The van der Waals surface area contributed by atoms with Gasteiger partial charge in [-0.15, -0.1) is 12.4 Å². The van der Waals surface area contributed by atoms with Crippen LogP contribution >= 0.6 is 12.4 Å². The van der Waals surface area contributed by atoms with Crippen molar-refractivity contribution in [2.75, 3.05) is 6.54 Å². The summed E-state index contributed by atoms with van der Waals surface area (Å²) in [5, 5.41) is 2.60. The van der Waals surface area contributed by atoms with E-state index in [1.807, 2.05) is 0 Å². The molecule has 0 radical (unpaired) electrons. The zero-order valence-corrected chi connectivity index (χ0v) is 19.0. The van der Waals surface area contributed by atoms with Crippen LogP contribution < -0.4 is 11.1 Å². The van der Waals surface area contributed by atoms with E-state index in [4.69, 9.17) is 5.73 Å². The zero-order chi connectivity index (χ0) is 24.8. The van der Waals surface area contributed by atoms with Gasteiger partial charge in [-0.1, -0.05) is 0 Å². The van der Waals surface area contributed by atoms with Crippen LogP contribution in [0.2, 0.25) is 0 Å². The number of aromatic nitrogens is 2. The van der Waals surface area contributed by atoms with E-state index in [0.717, 1.165) is 17.4 Å². The Morgan fingerprint density at radius 1 is 1.11 bits per heavy atom. The van der Waals surface area contributed by atoms with Gasteiger partial charge >= 0.3 is 6.18 Å². The number of hydrogen-bond donors (Lipinski definition) is 2. The lowest BCUT2D eigenvalue weighted by Crippen LogP contribution is -2.42. The highest BCUT2D eigenvalue weighted by Gasteiger charge is 2.42. The fourth-order valence-corrected chi connectivity index (χ4v) is 3.89. The number of alkyl halides is 3. The van der Waals surface area contributed by atoms with Gasteiger partial charge in [0.2, 0.25) is 11.7 Å². The third-order valence-corrected chi connectivity index (χ3v) is 5.75. The summed E-state index contributed by atoms with van der Waals surface area (Å²) in [4.78, 5) is 30.0. The SMILES string of the molecule is Cl.N[C@@H](CC(=O)N1CCn2c(C(F)(F)F)nc(C(=O)NC3CC3)c2C1)Cc1cc(F)c(F)cc1F. The molecule has 1 aliphatic carbocycles. The molecule has 192 valence electrons. The molecule has 1 aliphatic heterocycles. The number of imidazole rings is 1. The van der Waals surface area contributed by atoms with Crippen molar-refractivity contribution in [3.05, 3.63) is 52.4 Å². The number of nitrogens with two attached hydrogens (primary N) is 1. The molecule has 35 heavy (non-hydrogen) atoms. The molecule has 1 aromatic heterocycles. The van der Waals surface area contributed by atoms with Crippen molar-refractivity contribution in [2.45, 2.75) is 57.0 Å². The van der Waals surface area contributed by atoms with E-state index in [0.29, 0.717) is 12.1 Å². The molecule has 2 aliphatic rings. The maximum absolute atomic E-state index is 13.9. The molecule has 1 atom stereocenters. The maximum Gasteiger partial charge on any atom is 0.449 e. The molecule has 2 amide bonds. The Hall–Kier alpha value is -2.80. The fraction of sp³-hybridized carbons (Fsp3) is 0.476. The van der Waals surface area contributed by atoms with Gasteiger partial charge in [0.15, 0.2) is 17.3 Å². The number of benzene rings is 1. The van der Waals surface area contributed by atoms with Gasteiger partial charge in [-0.25, -0.2) is 18.2 Å². The number of amides is 2. The van der Waals surface area contributed by atoms with Crippen LogP contribution in [0.25, 0.3) is 0 Å². The van der Waals surface area contributed by atoms with Crippen molar-refractivity contribution in [1.29, 1.82) is 0 Å². The van der Waals surface area contributed by atoms with E-state index in [9.17, 15) is 35.9 Å². The van der Waals surface area contributed by atoms with Gasteiger partial charge in [0.25, 0.3) is 5.91 Å². The minimum atomic E-state index is -4.78. The Morgan fingerprint density at radius 3 is 2.40 bits per heavy atom. The first kappa shape index (κ1) is 26.8. The lowest BCUT2D eigenvalue weighted by atomic mass is 10.0. The van der Waals surface area contributed by atoms with E-state index in [-0.39, 0.29) is 67.9 Å². The third kappa shape index (κ3) is 5.89. The average Bonchev–Trinajstić information content (AvgIpc) is 3.46. The molecular formula is C21H22ClF6N5O2. The molecule has 0 bridgehead atoms. The van der Waals surface area contributed by atoms with Gasteiger partial charge in [-0.3, -0.25) is 9.59 Å². The quantitative estimate of drug-likeness (QED) is 0.448. The van der Waals surface area contributed by atoms with Gasteiger partial charge in [-0.2, -0.15) is 13.2 Å². The Morgan fingerprint density at radius 2 is 1.77 bits per heavy atom. The molecule has 7 nitrogen and oxygen atoms in total. The number of nitrogens with zero attached hydrogens (tertiary/aromatic N) is 3. The Balaban J connectivity index is 0.00000342. The highest BCUT2D eigenvalue weighted by molar-refractivity contribution is 5.94. The first-order valence-electron chi connectivity index (χ1n) is 10.6. The van der Waals surface area contributed by atoms with E-state index in [1.165, 1.54) is 4.90 Å². The molecule has 3 N–H and O–H groups in total. The topological polar surface area (TPSA) is 93.2 Å².